The molecule has 0 aromatic rings. The Morgan fingerprint density at radius 2 is 1.09 bits per heavy atom. The summed E-state index contributed by atoms with van der Waals surface area (Å²) in [6, 6.07) is 0. The van der Waals surface area contributed by atoms with Crippen molar-refractivity contribution >= 4 is 5.97 Å². The van der Waals surface area contributed by atoms with Crippen molar-refractivity contribution in [3.05, 3.63) is 11.6 Å². The number of aliphatic hydroxyl groups excluding tert-OH is 3. The molecule has 0 radical (unpaired) electrons. The highest BCUT2D eigenvalue weighted by Crippen LogP contribution is 2.34. The molecule has 0 bridgehead atoms. The molecule has 0 aromatic carbocycles. The average Bonchev–Trinajstić information content (AvgIpc) is 3.75. The lowest BCUT2D eigenvalue weighted by Crippen LogP contribution is -2.33. The van der Waals surface area contributed by atoms with Gasteiger partial charge in [-0.15, -0.1) is 0 Å². The molecule has 0 aliphatic carbocycles. The van der Waals surface area contributed by atoms with E-state index >= 15 is 0 Å². The maximum Gasteiger partial charge on any atom is 0.334 e. The predicted octanol–water partition coefficient (Wildman–Crippen LogP) is 7.86. The van der Waals surface area contributed by atoms with E-state index in [-0.39, 0.29) is 42.6 Å². The van der Waals surface area contributed by atoms with Crippen LogP contribution in [0.3, 0.4) is 0 Å². The van der Waals surface area contributed by atoms with Crippen LogP contribution in [-0.4, -0.2) is 70.1 Å². The van der Waals surface area contributed by atoms with Gasteiger partial charge in [0.1, 0.15) is 6.10 Å². The van der Waals surface area contributed by atoms with Gasteiger partial charge in [0.2, 0.25) is 0 Å². The molecule has 2 saturated heterocycles. The fourth-order valence-electron chi connectivity index (χ4n) is 7.28. The number of carbonyl (C=O) groups excluding carboxylic acids is 1. The monoisotopic (exact) mass is 622 g/mol. The molecule has 7 heteroatoms. The van der Waals surface area contributed by atoms with Gasteiger partial charge in [-0.2, -0.15) is 0 Å². The van der Waals surface area contributed by atoms with Gasteiger partial charge in [0.15, 0.2) is 0 Å². The molecule has 0 saturated carbocycles. The highest BCUT2D eigenvalue weighted by molar-refractivity contribution is 5.90. The van der Waals surface area contributed by atoms with E-state index in [1.165, 1.54) is 70.6 Å². The summed E-state index contributed by atoms with van der Waals surface area (Å²) in [6.45, 7) is 4.09. The molecule has 3 aliphatic rings. The molecule has 3 rings (SSSR count). The van der Waals surface area contributed by atoms with Crippen LogP contribution in [0.25, 0.3) is 0 Å². The molecule has 7 nitrogen and oxygen atoms in total. The lowest BCUT2D eigenvalue weighted by Gasteiger charge is -2.24. The first kappa shape index (κ1) is 37.5. The van der Waals surface area contributed by atoms with E-state index in [1.54, 1.807) is 0 Å². The van der Waals surface area contributed by atoms with Gasteiger partial charge in [-0.25, -0.2) is 4.79 Å². The number of ether oxygens (including phenoxy) is 3. The van der Waals surface area contributed by atoms with Crippen LogP contribution in [0.15, 0.2) is 11.6 Å². The third kappa shape index (κ3) is 14.2. The van der Waals surface area contributed by atoms with E-state index in [2.05, 4.69) is 6.92 Å². The molecule has 0 aromatic heterocycles. The summed E-state index contributed by atoms with van der Waals surface area (Å²) >= 11 is 0. The van der Waals surface area contributed by atoms with Crippen molar-refractivity contribution in [1.82, 2.24) is 0 Å². The van der Waals surface area contributed by atoms with E-state index in [9.17, 15) is 20.1 Å². The van der Waals surface area contributed by atoms with Crippen LogP contribution in [0, 0.1) is 0 Å². The Labute approximate surface area is 268 Å². The van der Waals surface area contributed by atoms with E-state index in [0.29, 0.717) is 12.0 Å². The van der Waals surface area contributed by atoms with Gasteiger partial charge in [-0.3, -0.25) is 0 Å². The number of esters is 1. The van der Waals surface area contributed by atoms with Crippen molar-refractivity contribution in [3.63, 3.8) is 0 Å². The average molecular weight is 623 g/mol. The molecule has 3 aliphatic heterocycles. The number of cyclic esters (lactones) is 1. The number of unbranched alkanes of at least 4 members (excludes halogenated alkanes) is 14. The lowest BCUT2D eigenvalue weighted by atomic mass is 10.00. The normalized spacial score (nSPS) is 27.4. The topological polar surface area (TPSA) is 105 Å². The molecule has 2 unspecified atom stereocenters. The molecule has 256 valence electrons. The number of hydrogen-bond acceptors (Lipinski definition) is 7. The number of hydrogen-bond donors (Lipinski definition) is 3. The Morgan fingerprint density at radius 3 is 1.52 bits per heavy atom. The summed E-state index contributed by atoms with van der Waals surface area (Å²) in [5.41, 5.74) is 0.617. The lowest BCUT2D eigenvalue weighted by molar-refractivity contribution is -0.139. The molecule has 3 heterocycles. The smallest absolute Gasteiger partial charge is 0.334 e. The van der Waals surface area contributed by atoms with E-state index in [0.717, 1.165) is 77.0 Å². The summed E-state index contributed by atoms with van der Waals surface area (Å²) in [5.74, 6) is -0.281. The molecule has 0 spiro atoms. The minimum atomic E-state index is -0.463. The first-order chi connectivity index (χ1) is 21.4. The second kappa shape index (κ2) is 21.7. The highest BCUT2D eigenvalue weighted by atomic mass is 16.6. The standard InChI is InChI=1S/C37H66O7/c1-3-4-5-6-7-11-14-17-20-31(39)33-22-24-35(43-33)36-25-23-34(44-36)32(40)21-18-15-12-9-8-10-13-16-19-30(38)27-29-26-28(2)42-37(29)41/h26,28,30-36,38-40H,3-25,27H2,1-2H3/t28-,30+,31-,32+,33?,34?,35-,36-/m0/s1. The number of carbonyl (C=O) groups is 1. The van der Waals surface area contributed by atoms with Gasteiger partial charge in [-0.05, 0) is 57.9 Å². The molecule has 8 atom stereocenters. The van der Waals surface area contributed by atoms with Crippen LogP contribution in [0.5, 0.6) is 0 Å². The summed E-state index contributed by atoms with van der Waals surface area (Å²) < 4.78 is 17.7. The fourth-order valence-corrected chi connectivity index (χ4v) is 7.28. The summed E-state index contributed by atoms with van der Waals surface area (Å²) in [7, 11) is 0. The number of rotatable bonds is 25. The quantitative estimate of drug-likeness (QED) is 0.0703. The van der Waals surface area contributed by atoms with Crippen LogP contribution in [0.2, 0.25) is 0 Å². The second-order valence-corrected chi connectivity index (χ2v) is 14.0. The minimum absolute atomic E-state index is 0.0519. The Balaban J connectivity index is 1.13. The zero-order valence-electron chi connectivity index (χ0n) is 28.1. The Morgan fingerprint density at radius 1 is 0.659 bits per heavy atom. The maximum atomic E-state index is 11.7. The van der Waals surface area contributed by atoms with Gasteiger partial charge in [0.25, 0.3) is 0 Å². The van der Waals surface area contributed by atoms with Crippen molar-refractivity contribution in [2.45, 2.75) is 217 Å². The zero-order chi connectivity index (χ0) is 31.6. The highest BCUT2D eigenvalue weighted by Gasteiger charge is 2.40. The fraction of sp³-hybridized carbons (Fsp3) is 0.919. The third-order valence-electron chi connectivity index (χ3n) is 10.0. The Bertz CT molecular complexity index is 801. The van der Waals surface area contributed by atoms with Crippen molar-refractivity contribution in [1.29, 1.82) is 0 Å². The van der Waals surface area contributed by atoms with E-state index in [4.69, 9.17) is 14.2 Å². The molecular weight excluding hydrogens is 556 g/mol. The molecule has 2 fully saturated rings. The minimum Gasteiger partial charge on any atom is -0.455 e. The molecular formula is C37H66O7. The SMILES string of the molecule is CCCCCCCCCC[C@H](O)C1CC[C@@H]([C@@H]2CCC([C@H](O)CCCCCCCCCC[C@@H](O)CC3=C[C@H](C)OC3=O)O2)O1. The Hall–Kier alpha value is -0.990. The van der Waals surface area contributed by atoms with Crippen molar-refractivity contribution < 1.29 is 34.3 Å². The van der Waals surface area contributed by atoms with Gasteiger partial charge in [-0.1, -0.05) is 110 Å². The maximum absolute atomic E-state index is 11.7. The van der Waals surface area contributed by atoms with Gasteiger partial charge < -0.3 is 29.5 Å². The van der Waals surface area contributed by atoms with Crippen LogP contribution in [-0.2, 0) is 19.0 Å². The summed E-state index contributed by atoms with van der Waals surface area (Å²) in [5, 5.41) is 31.6. The van der Waals surface area contributed by atoms with Crippen molar-refractivity contribution in [2.75, 3.05) is 0 Å². The largest absolute Gasteiger partial charge is 0.455 e. The van der Waals surface area contributed by atoms with E-state index in [1.807, 2.05) is 13.0 Å². The zero-order valence-corrected chi connectivity index (χ0v) is 28.1. The molecule has 44 heavy (non-hydrogen) atoms. The van der Waals surface area contributed by atoms with Crippen molar-refractivity contribution in [2.24, 2.45) is 0 Å². The van der Waals surface area contributed by atoms with Gasteiger partial charge >= 0.3 is 5.97 Å². The predicted molar refractivity (Wildman–Crippen MR) is 175 cm³/mol. The van der Waals surface area contributed by atoms with Crippen LogP contribution in [0.4, 0.5) is 0 Å². The van der Waals surface area contributed by atoms with Gasteiger partial charge in [0.05, 0.1) is 42.7 Å². The Kier molecular flexibility index (Phi) is 18.5. The van der Waals surface area contributed by atoms with Crippen LogP contribution < -0.4 is 0 Å². The van der Waals surface area contributed by atoms with E-state index < -0.39 is 12.2 Å². The number of aliphatic hydroxyl groups is 3. The second-order valence-electron chi connectivity index (χ2n) is 14.0. The van der Waals surface area contributed by atoms with Crippen molar-refractivity contribution in [3.8, 4) is 0 Å². The first-order valence-electron chi connectivity index (χ1n) is 18.6. The molecule has 3 N–H and O–H groups in total. The first-order valence-corrected chi connectivity index (χ1v) is 18.6. The van der Waals surface area contributed by atoms with Crippen LogP contribution in [0.1, 0.15) is 168 Å². The summed E-state index contributed by atoms with van der Waals surface area (Å²) in [4.78, 5) is 11.7. The van der Waals surface area contributed by atoms with Gasteiger partial charge in [0, 0.05) is 12.0 Å². The third-order valence-corrected chi connectivity index (χ3v) is 10.0. The summed E-state index contributed by atoms with van der Waals surface area (Å²) in [6.07, 6.45) is 26.1. The molecule has 0 amide bonds. The van der Waals surface area contributed by atoms with Crippen LogP contribution >= 0.6 is 0 Å².